The van der Waals surface area contributed by atoms with Crippen LogP contribution in [0.2, 0.25) is 0 Å². The summed E-state index contributed by atoms with van der Waals surface area (Å²) in [7, 11) is 0. The monoisotopic (exact) mass is 363 g/mol. The molecule has 0 spiro atoms. The molecule has 3 rings (SSSR count). The van der Waals surface area contributed by atoms with Gasteiger partial charge in [-0.15, -0.1) is 0 Å². The number of rotatable bonds is 1. The Morgan fingerprint density at radius 1 is 1.32 bits per heavy atom. The van der Waals surface area contributed by atoms with Crippen molar-refractivity contribution in [3.8, 4) is 11.5 Å². The summed E-state index contributed by atoms with van der Waals surface area (Å²) in [5.41, 5.74) is 2.04. The number of halogens is 1. The molecule has 1 aromatic carbocycles. The Morgan fingerprint density at radius 2 is 2.09 bits per heavy atom. The van der Waals surface area contributed by atoms with E-state index in [4.69, 9.17) is 0 Å². The number of benzene rings is 1. The Bertz CT molecular complexity index is 764. The summed E-state index contributed by atoms with van der Waals surface area (Å²) < 4.78 is 0.366. The normalized spacial score (nSPS) is 13.8. The van der Waals surface area contributed by atoms with Crippen LogP contribution in [0.3, 0.4) is 0 Å². The quantitative estimate of drug-likeness (QED) is 0.810. The number of aromatic nitrogens is 2. The van der Waals surface area contributed by atoms with E-state index in [9.17, 15) is 15.0 Å². The molecule has 114 valence electrons. The van der Waals surface area contributed by atoms with Crippen molar-refractivity contribution in [2.45, 2.75) is 19.9 Å². The number of nitrogens with zero attached hydrogens (tertiary/aromatic N) is 3. The smallest absolute Gasteiger partial charge is 0.257 e. The van der Waals surface area contributed by atoms with Gasteiger partial charge in [-0.2, -0.15) is 0 Å². The van der Waals surface area contributed by atoms with Gasteiger partial charge in [-0.05, 0) is 28.9 Å². The van der Waals surface area contributed by atoms with E-state index in [1.807, 2.05) is 6.92 Å². The Morgan fingerprint density at radius 3 is 2.86 bits per heavy atom. The molecular formula is C15H14BrN3O3. The molecule has 1 aromatic heterocycles. The van der Waals surface area contributed by atoms with Crippen LogP contribution >= 0.6 is 15.9 Å². The first kappa shape index (κ1) is 14.8. The second kappa shape index (κ2) is 5.57. The van der Waals surface area contributed by atoms with Gasteiger partial charge in [0.1, 0.15) is 17.3 Å². The first-order valence-electron chi connectivity index (χ1n) is 6.78. The second-order valence-electron chi connectivity index (χ2n) is 5.19. The van der Waals surface area contributed by atoms with Gasteiger partial charge in [0.25, 0.3) is 5.91 Å². The van der Waals surface area contributed by atoms with E-state index >= 15 is 0 Å². The number of hydrogen-bond donors (Lipinski definition) is 2. The number of fused-ring (bicyclic) bond motifs is 1. The Balaban J connectivity index is 1.88. The Hall–Kier alpha value is -2.15. The van der Waals surface area contributed by atoms with Gasteiger partial charge in [0, 0.05) is 37.3 Å². The van der Waals surface area contributed by atoms with Crippen LogP contribution in [0.1, 0.15) is 27.4 Å². The fourth-order valence-corrected chi connectivity index (χ4v) is 2.83. The van der Waals surface area contributed by atoms with Crippen LogP contribution in [0.15, 0.2) is 22.8 Å². The molecule has 2 aromatic rings. The van der Waals surface area contributed by atoms with Crippen molar-refractivity contribution in [2.24, 2.45) is 0 Å². The number of aryl methyl sites for hydroxylation is 1. The molecule has 7 heteroatoms. The number of phenols is 2. The highest BCUT2D eigenvalue weighted by Crippen LogP contribution is 2.32. The molecule has 0 radical (unpaired) electrons. The zero-order valence-electron chi connectivity index (χ0n) is 11.9. The van der Waals surface area contributed by atoms with Gasteiger partial charge in [-0.3, -0.25) is 4.79 Å². The minimum atomic E-state index is -0.288. The Kier molecular flexibility index (Phi) is 3.74. The minimum absolute atomic E-state index is 0.109. The number of hydrogen-bond acceptors (Lipinski definition) is 5. The van der Waals surface area contributed by atoms with Crippen molar-refractivity contribution in [1.82, 2.24) is 14.9 Å². The molecule has 0 atom stereocenters. The predicted octanol–water partition coefficient (Wildman–Crippen LogP) is 2.16. The predicted molar refractivity (Wildman–Crippen MR) is 82.7 cm³/mol. The first-order valence-corrected chi connectivity index (χ1v) is 7.57. The summed E-state index contributed by atoms with van der Waals surface area (Å²) in [6.07, 6.45) is 2.40. The van der Waals surface area contributed by atoms with Crippen molar-refractivity contribution >= 4 is 21.8 Å². The summed E-state index contributed by atoms with van der Waals surface area (Å²) >= 11 is 3.15. The SMILES string of the molecule is Cc1ncc2c(n1)CCN(C(=O)c1cc(Br)c(O)cc1O)C2. The first-order chi connectivity index (χ1) is 10.5. The average molecular weight is 364 g/mol. The van der Waals surface area contributed by atoms with Crippen LogP contribution in [-0.4, -0.2) is 37.5 Å². The lowest BCUT2D eigenvalue weighted by molar-refractivity contribution is 0.0730. The van der Waals surface area contributed by atoms with Crippen LogP contribution < -0.4 is 0 Å². The number of aromatic hydroxyl groups is 2. The van der Waals surface area contributed by atoms with Crippen LogP contribution in [-0.2, 0) is 13.0 Å². The third-order valence-electron chi connectivity index (χ3n) is 3.64. The molecule has 1 aliphatic heterocycles. The maximum atomic E-state index is 12.6. The molecule has 6 nitrogen and oxygen atoms in total. The van der Waals surface area contributed by atoms with E-state index in [0.29, 0.717) is 24.0 Å². The van der Waals surface area contributed by atoms with Gasteiger partial charge in [-0.1, -0.05) is 0 Å². The molecule has 0 aliphatic carbocycles. The van der Waals surface area contributed by atoms with Gasteiger partial charge < -0.3 is 15.1 Å². The highest BCUT2D eigenvalue weighted by molar-refractivity contribution is 9.10. The van der Waals surface area contributed by atoms with Gasteiger partial charge in [0.05, 0.1) is 15.7 Å². The zero-order valence-corrected chi connectivity index (χ0v) is 13.5. The maximum Gasteiger partial charge on any atom is 0.257 e. The van der Waals surface area contributed by atoms with E-state index < -0.39 is 0 Å². The molecule has 0 fully saturated rings. The van der Waals surface area contributed by atoms with Gasteiger partial charge >= 0.3 is 0 Å². The van der Waals surface area contributed by atoms with Crippen LogP contribution in [0, 0.1) is 6.92 Å². The topological polar surface area (TPSA) is 86.6 Å². The number of phenolic OH excluding ortho intramolecular Hbond substituents is 2. The number of carbonyl (C=O) groups is 1. The van der Waals surface area contributed by atoms with Crippen LogP contribution in [0.25, 0.3) is 0 Å². The lowest BCUT2D eigenvalue weighted by atomic mass is 10.1. The zero-order chi connectivity index (χ0) is 15.9. The summed E-state index contributed by atoms with van der Waals surface area (Å²) in [4.78, 5) is 22.8. The molecule has 22 heavy (non-hydrogen) atoms. The maximum absolute atomic E-state index is 12.6. The highest BCUT2D eigenvalue weighted by Gasteiger charge is 2.25. The van der Waals surface area contributed by atoms with E-state index in [2.05, 4.69) is 25.9 Å². The van der Waals surface area contributed by atoms with E-state index in [0.717, 1.165) is 23.1 Å². The van der Waals surface area contributed by atoms with Gasteiger partial charge in [-0.25, -0.2) is 9.97 Å². The largest absolute Gasteiger partial charge is 0.507 e. The molecular weight excluding hydrogens is 350 g/mol. The molecule has 0 unspecified atom stereocenters. The number of amides is 1. The van der Waals surface area contributed by atoms with Crippen molar-refractivity contribution < 1.29 is 15.0 Å². The molecule has 1 amide bonds. The van der Waals surface area contributed by atoms with Gasteiger partial charge in [0.15, 0.2) is 0 Å². The molecule has 0 bridgehead atoms. The van der Waals surface area contributed by atoms with Gasteiger partial charge in [0.2, 0.25) is 0 Å². The summed E-state index contributed by atoms with van der Waals surface area (Å²) in [5, 5.41) is 19.4. The second-order valence-corrected chi connectivity index (χ2v) is 6.04. The van der Waals surface area contributed by atoms with Crippen molar-refractivity contribution in [1.29, 1.82) is 0 Å². The summed E-state index contributed by atoms with van der Waals surface area (Å²) in [5.74, 6) is 0.0848. The average Bonchev–Trinajstić information content (AvgIpc) is 2.49. The fourth-order valence-electron chi connectivity index (χ4n) is 2.48. The molecule has 2 N–H and O–H groups in total. The van der Waals surface area contributed by atoms with E-state index in [1.54, 1.807) is 11.1 Å². The van der Waals surface area contributed by atoms with Crippen molar-refractivity contribution in [2.75, 3.05) is 6.54 Å². The lowest BCUT2D eigenvalue weighted by Crippen LogP contribution is -2.36. The summed E-state index contributed by atoms with van der Waals surface area (Å²) in [6.45, 7) is 2.77. The molecule has 0 saturated carbocycles. The fraction of sp³-hybridized carbons (Fsp3) is 0.267. The van der Waals surface area contributed by atoms with E-state index in [1.165, 1.54) is 6.07 Å². The standard InChI is InChI=1S/C15H14BrN3O3/c1-8-17-6-9-7-19(3-2-12(9)18-8)15(22)10-4-11(16)14(21)5-13(10)20/h4-6,20-21H,2-3,7H2,1H3. The Labute approximate surface area is 135 Å². The van der Waals surface area contributed by atoms with Crippen LogP contribution in [0.5, 0.6) is 11.5 Å². The highest BCUT2D eigenvalue weighted by atomic mass is 79.9. The minimum Gasteiger partial charge on any atom is -0.507 e. The number of carbonyl (C=O) groups excluding carboxylic acids is 1. The molecule has 2 heterocycles. The lowest BCUT2D eigenvalue weighted by Gasteiger charge is -2.28. The van der Waals surface area contributed by atoms with Crippen molar-refractivity contribution in [3.63, 3.8) is 0 Å². The third-order valence-corrected chi connectivity index (χ3v) is 4.27. The molecule has 1 aliphatic rings. The van der Waals surface area contributed by atoms with Crippen molar-refractivity contribution in [3.05, 3.63) is 45.4 Å². The van der Waals surface area contributed by atoms with E-state index in [-0.39, 0.29) is 23.0 Å². The van der Waals surface area contributed by atoms with Crippen LogP contribution in [0.4, 0.5) is 0 Å². The third kappa shape index (κ3) is 2.64. The summed E-state index contributed by atoms with van der Waals surface area (Å²) in [6, 6.07) is 2.58. The molecule has 0 saturated heterocycles.